The van der Waals surface area contributed by atoms with Crippen LogP contribution in [0.2, 0.25) is 0 Å². The molecule has 2 aromatic rings. The molecule has 0 saturated carbocycles. The van der Waals surface area contributed by atoms with Crippen molar-refractivity contribution in [2.24, 2.45) is 0 Å². The zero-order chi connectivity index (χ0) is 19.0. The second-order valence-electron chi connectivity index (χ2n) is 4.73. The Morgan fingerprint density at radius 3 is 1.23 bits per heavy atom. The van der Waals surface area contributed by atoms with E-state index in [0.717, 1.165) is 0 Å². The number of carboxylic acids is 5. The molecule has 30 heavy (non-hydrogen) atoms. The minimum absolute atomic E-state index is 0. The van der Waals surface area contributed by atoms with Crippen molar-refractivity contribution in [1.29, 1.82) is 0 Å². The van der Waals surface area contributed by atoms with E-state index in [4.69, 9.17) is 0 Å². The summed E-state index contributed by atoms with van der Waals surface area (Å²) in [6.45, 7) is 0. The van der Waals surface area contributed by atoms with Gasteiger partial charge in [0.05, 0.1) is 29.8 Å². The molecule has 0 atom stereocenters. The van der Waals surface area contributed by atoms with Gasteiger partial charge in [0.25, 0.3) is 0 Å². The first-order valence-electron chi connectivity index (χ1n) is 6.27. The molecular formula is C15H3K5O10. The van der Waals surface area contributed by atoms with E-state index in [1.807, 2.05) is 0 Å². The molecule has 0 amide bonds. The summed E-state index contributed by atoms with van der Waals surface area (Å²) in [4.78, 5) is 55.8. The molecule has 0 unspecified atom stereocenters. The van der Waals surface area contributed by atoms with Crippen LogP contribution in [0, 0.1) is 0 Å². The molecule has 0 aromatic heterocycles. The largest absolute Gasteiger partial charge is 1.00 e. The molecule has 0 fully saturated rings. The van der Waals surface area contributed by atoms with Crippen LogP contribution < -0.4 is 282 Å². The van der Waals surface area contributed by atoms with Crippen LogP contribution in [0.3, 0.4) is 0 Å². The summed E-state index contributed by atoms with van der Waals surface area (Å²) in [6, 6.07) is 1.66. The van der Waals surface area contributed by atoms with E-state index in [0.29, 0.717) is 18.2 Å². The molecule has 0 bridgehead atoms. The molecule has 10 nitrogen and oxygen atoms in total. The smallest absolute Gasteiger partial charge is 0.545 e. The van der Waals surface area contributed by atoms with Crippen molar-refractivity contribution in [1.82, 2.24) is 0 Å². The van der Waals surface area contributed by atoms with Crippen LogP contribution in [-0.2, 0) is 0 Å². The van der Waals surface area contributed by atoms with Crippen LogP contribution in [0.1, 0.15) is 51.8 Å². The van der Waals surface area contributed by atoms with Crippen molar-refractivity contribution >= 4 is 40.6 Å². The second kappa shape index (κ2) is 18.5. The second-order valence-corrected chi connectivity index (χ2v) is 4.73. The first kappa shape index (κ1) is 41.4. The molecule has 0 heterocycles. The minimum Gasteiger partial charge on any atom is -0.545 e. The summed E-state index contributed by atoms with van der Waals surface area (Å²) in [7, 11) is 0. The van der Waals surface area contributed by atoms with Crippen molar-refractivity contribution < 1.29 is 306 Å². The molecular weight excluding hydrogens is 536 g/mol. The standard InChI is InChI=1S/C15H8O10.5K/c16-11(17)4-1-6-5(7(2-4)12(18)19)3-8(13(20)21)10(15(24)25)9(6)14(22)23;;;;;/h1-3H,(H,16,17)(H,18,19)(H,20,21)(H,22,23)(H,24,25);;;;;/q;5*+1/p-5. The van der Waals surface area contributed by atoms with Gasteiger partial charge in [0.1, 0.15) is 0 Å². The molecule has 0 aliphatic heterocycles. The Hall–Kier alpha value is 4.23. The summed E-state index contributed by atoms with van der Waals surface area (Å²) < 4.78 is 0. The van der Waals surface area contributed by atoms with Crippen molar-refractivity contribution in [3.8, 4) is 0 Å². The Morgan fingerprint density at radius 1 is 0.467 bits per heavy atom. The molecule has 0 radical (unpaired) electrons. The first-order chi connectivity index (χ1) is 11.6. The minimum atomic E-state index is -2.23. The van der Waals surface area contributed by atoms with Gasteiger partial charge in [-0.3, -0.25) is 0 Å². The summed E-state index contributed by atoms with van der Waals surface area (Å²) in [5, 5.41) is 54.5. The molecule has 0 aliphatic rings. The summed E-state index contributed by atoms with van der Waals surface area (Å²) in [6.07, 6.45) is 0. The predicted octanol–water partition coefficient (Wildman–Crippen LogP) is -20.3. The fourth-order valence-corrected chi connectivity index (χ4v) is 2.37. The molecule has 0 spiro atoms. The van der Waals surface area contributed by atoms with E-state index in [9.17, 15) is 49.5 Å². The molecule has 0 saturated heterocycles. The Morgan fingerprint density at radius 2 is 0.900 bits per heavy atom. The first-order valence-corrected chi connectivity index (χ1v) is 6.27. The van der Waals surface area contributed by atoms with E-state index in [1.54, 1.807) is 0 Å². The normalized spacial score (nSPS) is 8.67. The molecule has 2 aromatic carbocycles. The third-order valence-electron chi connectivity index (χ3n) is 3.34. The van der Waals surface area contributed by atoms with Gasteiger partial charge >= 0.3 is 257 Å². The SMILES string of the molecule is O=C([O-])c1cc(C(=O)[O-])c2cc(C(=O)[O-])c(C(=O)[O-])c(C(=O)[O-])c2c1.[K+].[K+].[K+].[K+].[K+]. The summed E-state index contributed by atoms with van der Waals surface area (Å²) >= 11 is 0. The van der Waals surface area contributed by atoms with Crippen molar-refractivity contribution in [2.75, 3.05) is 0 Å². The number of fused-ring (bicyclic) bond motifs is 1. The van der Waals surface area contributed by atoms with Crippen molar-refractivity contribution in [3.63, 3.8) is 0 Å². The fourth-order valence-electron chi connectivity index (χ4n) is 2.37. The fraction of sp³-hybridized carbons (Fsp3) is 0. The van der Waals surface area contributed by atoms with Crippen molar-refractivity contribution in [2.45, 2.75) is 0 Å². The van der Waals surface area contributed by atoms with Crippen LogP contribution in [0.25, 0.3) is 10.8 Å². The van der Waals surface area contributed by atoms with E-state index < -0.39 is 68.4 Å². The van der Waals surface area contributed by atoms with Gasteiger partial charge < -0.3 is 49.5 Å². The number of aromatic carboxylic acids is 5. The van der Waals surface area contributed by atoms with Gasteiger partial charge in [0, 0.05) is 22.3 Å². The Bertz CT molecular complexity index is 1010. The summed E-state index contributed by atoms with van der Waals surface area (Å²) in [5.74, 6) is -10.4. The maximum Gasteiger partial charge on any atom is 1.00 e. The van der Waals surface area contributed by atoms with E-state index >= 15 is 0 Å². The number of carbonyl (C=O) groups is 5. The average Bonchev–Trinajstić information content (AvgIpc) is 2.50. The van der Waals surface area contributed by atoms with Gasteiger partial charge in [-0.2, -0.15) is 0 Å². The number of carboxylic acid groups (broad SMARTS) is 5. The van der Waals surface area contributed by atoms with Gasteiger partial charge in [-0.05, 0) is 34.5 Å². The molecule has 0 aliphatic carbocycles. The van der Waals surface area contributed by atoms with E-state index in [2.05, 4.69) is 0 Å². The summed E-state index contributed by atoms with van der Waals surface area (Å²) in [5.41, 5.74) is -5.52. The third-order valence-corrected chi connectivity index (χ3v) is 3.34. The van der Waals surface area contributed by atoms with Crippen LogP contribution in [0.15, 0.2) is 18.2 Å². The number of hydrogen-bond donors (Lipinski definition) is 0. The third kappa shape index (κ3) is 9.94. The van der Waals surface area contributed by atoms with Crippen LogP contribution >= 0.6 is 0 Å². The van der Waals surface area contributed by atoms with Gasteiger partial charge in [-0.25, -0.2) is 0 Å². The van der Waals surface area contributed by atoms with E-state index in [1.165, 1.54) is 0 Å². The Kier molecular flexibility index (Phi) is 25.5. The average molecular weight is 539 g/mol. The van der Waals surface area contributed by atoms with Gasteiger partial charge in [-0.1, -0.05) is 0 Å². The maximum absolute atomic E-state index is 11.3. The predicted molar refractivity (Wildman–Crippen MR) is 65.6 cm³/mol. The van der Waals surface area contributed by atoms with Crippen LogP contribution in [0.5, 0.6) is 0 Å². The van der Waals surface area contributed by atoms with Crippen LogP contribution in [0.4, 0.5) is 0 Å². The zero-order valence-corrected chi connectivity index (χ0v) is 32.4. The number of benzene rings is 2. The zero-order valence-electron chi connectivity index (χ0n) is 16.8. The molecule has 128 valence electrons. The van der Waals surface area contributed by atoms with Gasteiger partial charge in [-0.15, -0.1) is 0 Å². The van der Waals surface area contributed by atoms with Crippen LogP contribution in [-0.4, -0.2) is 29.8 Å². The number of rotatable bonds is 5. The molecule has 2 rings (SSSR count). The van der Waals surface area contributed by atoms with Crippen molar-refractivity contribution in [3.05, 3.63) is 46.0 Å². The number of hydrogen-bond acceptors (Lipinski definition) is 10. The molecule has 15 heteroatoms. The van der Waals surface area contributed by atoms with Gasteiger partial charge in [0.2, 0.25) is 0 Å². The Balaban J connectivity index is -0.000000676. The van der Waals surface area contributed by atoms with Gasteiger partial charge in [0.15, 0.2) is 0 Å². The Labute approximate surface area is 381 Å². The van der Waals surface area contributed by atoms with E-state index in [-0.39, 0.29) is 257 Å². The molecule has 0 N–H and O–H groups in total. The topological polar surface area (TPSA) is 201 Å². The quantitative estimate of drug-likeness (QED) is 0.329. The number of carbonyl (C=O) groups excluding carboxylic acids is 5. The monoisotopic (exact) mass is 538 g/mol. The maximum atomic E-state index is 11.3.